The van der Waals surface area contributed by atoms with Crippen molar-refractivity contribution in [1.29, 1.82) is 0 Å². The molecule has 0 aliphatic carbocycles. The van der Waals surface area contributed by atoms with Gasteiger partial charge in [-0.15, -0.1) is 0 Å². The minimum absolute atomic E-state index is 0.0800. The van der Waals surface area contributed by atoms with Gasteiger partial charge < -0.3 is 14.7 Å². The topological polar surface area (TPSA) is 49.8 Å². The smallest absolute Gasteiger partial charge is 0.254 e. The van der Waals surface area contributed by atoms with Crippen molar-refractivity contribution >= 4 is 5.91 Å². The number of rotatable bonds is 2. The van der Waals surface area contributed by atoms with Gasteiger partial charge in [0, 0.05) is 12.1 Å². The predicted molar refractivity (Wildman–Crippen MR) is 63.7 cm³/mol. The zero-order chi connectivity index (χ0) is 13.1. The number of carbonyl (C=O) groups excluding carboxylic acids is 1. The second-order valence-electron chi connectivity index (χ2n) is 4.45. The third-order valence-electron chi connectivity index (χ3n) is 3.04. The number of amides is 1. The molecule has 1 aliphatic rings. The second-order valence-corrected chi connectivity index (χ2v) is 4.45. The van der Waals surface area contributed by atoms with Gasteiger partial charge in [-0.05, 0) is 25.1 Å². The molecule has 1 aromatic rings. The van der Waals surface area contributed by atoms with Crippen LogP contribution in [0.4, 0.5) is 4.39 Å². The van der Waals surface area contributed by atoms with Crippen molar-refractivity contribution in [3.63, 3.8) is 0 Å². The number of benzene rings is 1. The summed E-state index contributed by atoms with van der Waals surface area (Å²) in [7, 11) is 0. The lowest BCUT2D eigenvalue weighted by Crippen LogP contribution is -2.52. The highest BCUT2D eigenvalue weighted by Gasteiger charge is 2.29. The van der Waals surface area contributed by atoms with E-state index in [0.717, 1.165) is 0 Å². The molecule has 2 rings (SSSR count). The van der Waals surface area contributed by atoms with Crippen molar-refractivity contribution in [3.8, 4) is 0 Å². The first-order valence-corrected chi connectivity index (χ1v) is 5.91. The maximum Gasteiger partial charge on any atom is 0.254 e. The largest absolute Gasteiger partial charge is 0.394 e. The monoisotopic (exact) mass is 253 g/mol. The summed E-state index contributed by atoms with van der Waals surface area (Å²) in [4.78, 5) is 13.9. The van der Waals surface area contributed by atoms with E-state index in [1.54, 1.807) is 11.0 Å². The molecular weight excluding hydrogens is 237 g/mol. The molecule has 18 heavy (non-hydrogen) atoms. The van der Waals surface area contributed by atoms with Crippen molar-refractivity contribution in [1.82, 2.24) is 4.90 Å². The van der Waals surface area contributed by atoms with E-state index in [2.05, 4.69) is 0 Å². The number of aliphatic hydroxyl groups excluding tert-OH is 1. The Morgan fingerprint density at radius 2 is 2.39 bits per heavy atom. The van der Waals surface area contributed by atoms with Crippen molar-refractivity contribution < 1.29 is 19.0 Å². The fourth-order valence-electron chi connectivity index (χ4n) is 2.00. The van der Waals surface area contributed by atoms with Crippen LogP contribution in [0, 0.1) is 5.82 Å². The first kappa shape index (κ1) is 13.0. The van der Waals surface area contributed by atoms with Crippen LogP contribution in [0.15, 0.2) is 24.3 Å². The summed E-state index contributed by atoms with van der Waals surface area (Å²) in [5, 5.41) is 9.07. The van der Waals surface area contributed by atoms with Gasteiger partial charge in [0.25, 0.3) is 5.91 Å². The van der Waals surface area contributed by atoms with E-state index in [1.807, 2.05) is 6.92 Å². The van der Waals surface area contributed by atoms with Crippen LogP contribution in [0.1, 0.15) is 17.3 Å². The lowest BCUT2D eigenvalue weighted by atomic mass is 10.1. The Bertz CT molecular complexity index is 438. The van der Waals surface area contributed by atoms with E-state index < -0.39 is 5.82 Å². The van der Waals surface area contributed by atoms with Gasteiger partial charge in [0.1, 0.15) is 5.82 Å². The highest BCUT2D eigenvalue weighted by Crippen LogP contribution is 2.16. The molecule has 0 aromatic heterocycles. The second kappa shape index (κ2) is 5.46. The average Bonchev–Trinajstić information content (AvgIpc) is 2.38. The van der Waals surface area contributed by atoms with Gasteiger partial charge in [0.15, 0.2) is 0 Å². The van der Waals surface area contributed by atoms with Crippen molar-refractivity contribution in [2.45, 2.75) is 19.1 Å². The number of morpholine rings is 1. The molecule has 98 valence electrons. The van der Waals surface area contributed by atoms with Crippen LogP contribution in [0.5, 0.6) is 0 Å². The molecule has 1 N–H and O–H groups in total. The predicted octanol–water partition coefficient (Wildman–Crippen LogP) is 1.05. The number of nitrogens with zero attached hydrogens (tertiary/aromatic N) is 1. The van der Waals surface area contributed by atoms with Crippen LogP contribution in [-0.2, 0) is 4.74 Å². The molecule has 5 heteroatoms. The quantitative estimate of drug-likeness (QED) is 0.857. The van der Waals surface area contributed by atoms with Crippen molar-refractivity contribution in [2.75, 3.05) is 19.8 Å². The van der Waals surface area contributed by atoms with Crippen molar-refractivity contribution in [3.05, 3.63) is 35.6 Å². The molecule has 1 aromatic carbocycles. The Labute approximate surface area is 105 Å². The fraction of sp³-hybridized carbons (Fsp3) is 0.462. The molecule has 2 atom stereocenters. The lowest BCUT2D eigenvalue weighted by molar-refractivity contribution is -0.0667. The summed E-state index contributed by atoms with van der Waals surface area (Å²) >= 11 is 0. The molecule has 0 saturated carbocycles. The SMILES string of the molecule is CC1COC(CO)CN1C(=O)c1cccc(F)c1. The Balaban J connectivity index is 2.16. The van der Waals surface area contributed by atoms with Gasteiger partial charge in [-0.3, -0.25) is 4.79 Å². The van der Waals surface area contributed by atoms with Crippen LogP contribution in [0.25, 0.3) is 0 Å². The van der Waals surface area contributed by atoms with Gasteiger partial charge in [-0.25, -0.2) is 4.39 Å². The summed E-state index contributed by atoms with van der Waals surface area (Å²) in [6.07, 6.45) is -0.362. The minimum atomic E-state index is -0.430. The summed E-state index contributed by atoms with van der Waals surface area (Å²) in [6.45, 7) is 2.45. The van der Waals surface area contributed by atoms with Gasteiger partial charge in [0.2, 0.25) is 0 Å². The Hall–Kier alpha value is -1.46. The first-order valence-electron chi connectivity index (χ1n) is 5.91. The van der Waals surface area contributed by atoms with E-state index in [9.17, 15) is 9.18 Å². The van der Waals surface area contributed by atoms with Crippen LogP contribution in [0.3, 0.4) is 0 Å². The maximum absolute atomic E-state index is 13.1. The van der Waals surface area contributed by atoms with Crippen LogP contribution < -0.4 is 0 Å². The standard InChI is InChI=1S/C13H16FNO3/c1-9-8-18-12(7-16)6-15(9)13(17)10-3-2-4-11(14)5-10/h2-5,9,12,16H,6-8H2,1H3. The van der Waals surface area contributed by atoms with Gasteiger partial charge in [-0.2, -0.15) is 0 Å². The fourth-order valence-corrected chi connectivity index (χ4v) is 2.00. The summed E-state index contributed by atoms with van der Waals surface area (Å²) in [5.74, 6) is -0.663. The zero-order valence-corrected chi connectivity index (χ0v) is 10.2. The molecule has 0 bridgehead atoms. The normalized spacial score (nSPS) is 24.1. The number of hydrogen-bond donors (Lipinski definition) is 1. The van der Waals surface area contributed by atoms with E-state index in [4.69, 9.17) is 9.84 Å². The summed E-state index contributed by atoms with van der Waals surface area (Å²) in [5.41, 5.74) is 0.320. The van der Waals surface area contributed by atoms with E-state index in [0.29, 0.717) is 18.7 Å². The highest BCUT2D eigenvalue weighted by molar-refractivity contribution is 5.94. The first-order chi connectivity index (χ1) is 8.61. The molecule has 0 spiro atoms. The molecule has 0 radical (unpaired) electrons. The lowest BCUT2D eigenvalue weighted by Gasteiger charge is -2.37. The van der Waals surface area contributed by atoms with Gasteiger partial charge >= 0.3 is 0 Å². The van der Waals surface area contributed by atoms with E-state index in [-0.39, 0.29) is 24.7 Å². The van der Waals surface area contributed by atoms with Crippen molar-refractivity contribution in [2.24, 2.45) is 0 Å². The highest BCUT2D eigenvalue weighted by atomic mass is 19.1. The molecule has 2 unspecified atom stereocenters. The number of halogens is 1. The van der Waals surface area contributed by atoms with Gasteiger partial charge in [-0.1, -0.05) is 6.07 Å². The number of hydrogen-bond acceptors (Lipinski definition) is 3. The van der Waals surface area contributed by atoms with Crippen LogP contribution in [0.2, 0.25) is 0 Å². The minimum Gasteiger partial charge on any atom is -0.394 e. The average molecular weight is 253 g/mol. The Morgan fingerprint density at radius 1 is 1.61 bits per heavy atom. The van der Waals surface area contributed by atoms with E-state index >= 15 is 0 Å². The Kier molecular flexibility index (Phi) is 3.93. The van der Waals surface area contributed by atoms with Crippen LogP contribution in [-0.4, -0.2) is 47.8 Å². The third-order valence-corrected chi connectivity index (χ3v) is 3.04. The van der Waals surface area contributed by atoms with Gasteiger partial charge in [0.05, 0.1) is 25.4 Å². The molecule has 1 amide bonds. The third kappa shape index (κ3) is 2.68. The maximum atomic E-state index is 13.1. The van der Waals surface area contributed by atoms with E-state index in [1.165, 1.54) is 18.2 Å². The summed E-state index contributed by atoms with van der Waals surface area (Å²) in [6, 6.07) is 5.54. The summed E-state index contributed by atoms with van der Waals surface area (Å²) < 4.78 is 18.5. The Morgan fingerprint density at radius 3 is 3.06 bits per heavy atom. The molecule has 1 saturated heterocycles. The molecule has 1 heterocycles. The number of carbonyl (C=O) groups is 1. The molecule has 4 nitrogen and oxygen atoms in total. The number of aliphatic hydroxyl groups is 1. The number of ether oxygens (including phenoxy) is 1. The molecule has 1 aliphatic heterocycles. The molecular formula is C13H16FNO3. The zero-order valence-electron chi connectivity index (χ0n) is 10.2. The van der Waals surface area contributed by atoms with Crippen LogP contribution >= 0.6 is 0 Å². The molecule has 1 fully saturated rings.